The van der Waals surface area contributed by atoms with Crippen LogP contribution in [0, 0.1) is 72.6 Å². The molecule has 57 heavy (non-hydrogen) atoms. The smallest absolute Gasteiger partial charge is 0.118 e. The molecule has 264 valence electrons. The van der Waals surface area contributed by atoms with Crippen molar-refractivity contribution in [3.8, 4) is 78.3 Å². The van der Waals surface area contributed by atoms with Crippen LogP contribution in [0.4, 0.5) is 0 Å². The number of rotatable bonds is 5. The monoisotopic (exact) mass is 722 g/mol. The first kappa shape index (κ1) is 37.0. The van der Waals surface area contributed by atoms with Gasteiger partial charge in [-0.1, -0.05) is 120 Å². The predicted molar refractivity (Wildman–Crippen MR) is 232 cm³/mol. The summed E-state index contributed by atoms with van der Waals surface area (Å²) >= 11 is 0. The molecule has 0 N–H and O–H groups in total. The largest absolute Gasteiger partial charge is 0.497 e. The lowest BCUT2D eigenvalue weighted by Crippen LogP contribution is -2.31. The Morgan fingerprint density at radius 3 is 0.877 bits per heavy atom. The second-order valence-corrected chi connectivity index (χ2v) is 13.1. The first-order valence-electron chi connectivity index (χ1n) is 18.2. The zero-order valence-electron chi connectivity index (χ0n) is 31.3. The third-order valence-corrected chi connectivity index (χ3v) is 9.62. The van der Waals surface area contributed by atoms with Crippen LogP contribution < -0.4 is 4.74 Å². The molecule has 0 amide bonds. The Morgan fingerprint density at radius 1 is 0.333 bits per heavy atom. The van der Waals surface area contributed by atoms with Crippen molar-refractivity contribution in [3.05, 3.63) is 242 Å². The van der Waals surface area contributed by atoms with E-state index in [0.717, 1.165) is 78.1 Å². The Kier molecular flexibility index (Phi) is 11.2. The lowest BCUT2D eigenvalue weighted by molar-refractivity contribution is 0.414. The van der Waals surface area contributed by atoms with Crippen molar-refractivity contribution < 1.29 is 4.74 Å². The van der Waals surface area contributed by atoms with Gasteiger partial charge in [-0.05, 0) is 125 Å². The lowest BCUT2D eigenvalue weighted by Gasteiger charge is -2.37. The molecule has 0 aliphatic carbocycles. The molecule has 0 unspecified atom stereocenters. The predicted octanol–water partition coefficient (Wildman–Crippen LogP) is 10.2. The van der Waals surface area contributed by atoms with Gasteiger partial charge >= 0.3 is 0 Å². The third-order valence-electron chi connectivity index (χ3n) is 9.62. The van der Waals surface area contributed by atoms with Gasteiger partial charge in [-0.3, -0.25) is 0 Å². The Hall–Kier alpha value is -8.30. The van der Waals surface area contributed by atoms with Crippen molar-refractivity contribution in [2.45, 2.75) is 5.41 Å². The summed E-state index contributed by atoms with van der Waals surface area (Å²) in [7, 11) is 1.68. The summed E-state index contributed by atoms with van der Waals surface area (Å²) in [4.78, 5) is 0. The Bertz CT molecular complexity index is 2600. The SMILES string of the molecule is C#Cc1cccc(C#Cc2ccc(C(c3ccc(C#Cc4cccc(C#C)c4)cc3)(c3ccc(C#Cc4cccc(C#C)c4)cc3)c3ccc(OC)cc3)cc2)c1. The molecular formula is C56H34O. The minimum Gasteiger partial charge on any atom is -0.497 e. The van der Waals surface area contributed by atoms with Gasteiger partial charge in [0.15, 0.2) is 0 Å². The molecule has 0 spiro atoms. The fraction of sp³-hybridized carbons (Fsp3) is 0.0357. The topological polar surface area (TPSA) is 9.23 Å². The minimum absolute atomic E-state index is 0.750. The van der Waals surface area contributed by atoms with E-state index < -0.39 is 5.41 Å². The number of terminal acetylenes is 3. The van der Waals surface area contributed by atoms with Crippen molar-refractivity contribution in [2.75, 3.05) is 7.11 Å². The van der Waals surface area contributed by atoms with Gasteiger partial charge in [0.2, 0.25) is 0 Å². The van der Waals surface area contributed by atoms with Gasteiger partial charge in [-0.2, -0.15) is 0 Å². The Morgan fingerprint density at radius 2 is 0.596 bits per heavy atom. The average Bonchev–Trinajstić information content (AvgIpc) is 3.28. The molecule has 7 rings (SSSR count). The van der Waals surface area contributed by atoms with Gasteiger partial charge in [0.05, 0.1) is 12.5 Å². The van der Waals surface area contributed by atoms with E-state index >= 15 is 0 Å². The van der Waals surface area contributed by atoms with Crippen LogP contribution in [-0.4, -0.2) is 7.11 Å². The Labute approximate surface area is 336 Å². The van der Waals surface area contributed by atoms with Crippen molar-refractivity contribution in [2.24, 2.45) is 0 Å². The maximum absolute atomic E-state index is 5.63. The summed E-state index contributed by atoms with van der Waals surface area (Å²) < 4.78 is 5.60. The quantitative estimate of drug-likeness (QED) is 0.127. The van der Waals surface area contributed by atoms with E-state index in [4.69, 9.17) is 24.0 Å². The van der Waals surface area contributed by atoms with Gasteiger partial charge in [-0.15, -0.1) is 19.3 Å². The normalized spacial score (nSPS) is 10.1. The maximum Gasteiger partial charge on any atom is 0.118 e. The van der Waals surface area contributed by atoms with Crippen molar-refractivity contribution in [1.29, 1.82) is 0 Å². The molecule has 0 aliphatic heterocycles. The molecule has 1 heteroatoms. The van der Waals surface area contributed by atoms with E-state index in [1.807, 2.05) is 84.9 Å². The summed E-state index contributed by atoms with van der Waals surface area (Å²) in [6.07, 6.45) is 16.9. The Balaban J connectivity index is 1.36. The molecular weight excluding hydrogens is 689 g/mol. The molecule has 7 aromatic rings. The van der Waals surface area contributed by atoms with Crippen LogP contribution in [0.2, 0.25) is 0 Å². The molecule has 7 aromatic carbocycles. The third kappa shape index (κ3) is 8.43. The highest BCUT2D eigenvalue weighted by Crippen LogP contribution is 2.45. The van der Waals surface area contributed by atoms with Gasteiger partial charge < -0.3 is 4.74 Å². The highest BCUT2D eigenvalue weighted by atomic mass is 16.5. The summed E-state index contributed by atoms with van der Waals surface area (Å²) in [6, 6.07) is 56.7. The van der Waals surface area contributed by atoms with E-state index in [1.165, 1.54) is 0 Å². The maximum atomic E-state index is 5.63. The van der Waals surface area contributed by atoms with Crippen LogP contribution in [-0.2, 0) is 5.41 Å². The fourth-order valence-electron chi connectivity index (χ4n) is 6.74. The highest BCUT2D eigenvalue weighted by Gasteiger charge is 2.38. The lowest BCUT2D eigenvalue weighted by atomic mass is 9.65. The number of ether oxygens (including phenoxy) is 1. The molecule has 0 aliphatic rings. The van der Waals surface area contributed by atoms with E-state index in [9.17, 15) is 0 Å². The van der Waals surface area contributed by atoms with Crippen LogP contribution >= 0.6 is 0 Å². The van der Waals surface area contributed by atoms with E-state index in [1.54, 1.807) is 7.11 Å². The second-order valence-electron chi connectivity index (χ2n) is 13.1. The average molecular weight is 723 g/mol. The highest BCUT2D eigenvalue weighted by molar-refractivity contribution is 5.63. The molecule has 0 radical (unpaired) electrons. The van der Waals surface area contributed by atoms with Crippen molar-refractivity contribution in [3.63, 3.8) is 0 Å². The van der Waals surface area contributed by atoms with Crippen molar-refractivity contribution >= 4 is 0 Å². The molecule has 0 bridgehead atoms. The second kappa shape index (κ2) is 17.2. The number of benzene rings is 7. The van der Waals surface area contributed by atoms with Crippen LogP contribution in [0.3, 0.4) is 0 Å². The molecule has 0 fully saturated rings. The van der Waals surface area contributed by atoms with Gasteiger partial charge in [0.1, 0.15) is 5.75 Å². The fourth-order valence-corrected chi connectivity index (χ4v) is 6.74. The van der Waals surface area contributed by atoms with E-state index in [-0.39, 0.29) is 0 Å². The number of hydrogen-bond donors (Lipinski definition) is 0. The zero-order chi connectivity index (χ0) is 39.5. The number of hydrogen-bond acceptors (Lipinski definition) is 1. The summed E-state index contributed by atoms with van der Waals surface area (Å²) in [6.45, 7) is 0. The van der Waals surface area contributed by atoms with Crippen LogP contribution in [0.5, 0.6) is 5.75 Å². The number of methoxy groups -OCH3 is 1. The van der Waals surface area contributed by atoms with Crippen LogP contribution in [0.25, 0.3) is 0 Å². The zero-order valence-corrected chi connectivity index (χ0v) is 31.3. The summed E-state index contributed by atoms with van der Waals surface area (Å²) in [5.41, 5.74) is 11.1. The van der Waals surface area contributed by atoms with Crippen LogP contribution in [0.1, 0.15) is 72.3 Å². The van der Waals surface area contributed by atoms with Crippen molar-refractivity contribution in [1.82, 2.24) is 0 Å². The van der Waals surface area contributed by atoms with E-state index in [0.29, 0.717) is 0 Å². The molecule has 1 nitrogen and oxygen atoms in total. The molecule has 0 atom stereocenters. The van der Waals surface area contributed by atoms with Gasteiger partial charge in [-0.25, -0.2) is 0 Å². The molecule has 0 saturated heterocycles. The molecule has 0 aromatic heterocycles. The summed E-state index contributed by atoms with van der Waals surface area (Å²) in [5, 5.41) is 0. The molecule has 0 saturated carbocycles. The van der Waals surface area contributed by atoms with E-state index in [2.05, 4.69) is 138 Å². The van der Waals surface area contributed by atoms with Crippen LogP contribution in [0.15, 0.2) is 170 Å². The molecule has 0 heterocycles. The standard InChI is InChI=1S/C56H34O/c1-5-42-11-8-14-48(39-42)20-17-45-23-29-51(30-24-45)56(54-35-37-55(57-4)38-36-54,52-31-25-46(26-32-52)18-21-49-15-9-12-43(6-2)40-49)53-33-27-47(28-34-53)19-22-50-16-10-13-44(7-3)41-50/h1-3,8-16,23-41H,4H3. The minimum atomic E-state index is -0.750. The van der Waals surface area contributed by atoms with Gasteiger partial charge in [0, 0.05) is 50.1 Å². The summed E-state index contributed by atoms with van der Waals surface area (Å²) in [5.74, 6) is 28.6. The first-order chi connectivity index (χ1) is 28.0. The first-order valence-corrected chi connectivity index (χ1v) is 18.2. The van der Waals surface area contributed by atoms with Gasteiger partial charge in [0.25, 0.3) is 0 Å².